The van der Waals surface area contributed by atoms with Gasteiger partial charge in [0.15, 0.2) is 10.9 Å². The highest BCUT2D eigenvalue weighted by molar-refractivity contribution is 7.89. The number of rotatable bonds is 4. The van der Waals surface area contributed by atoms with Crippen molar-refractivity contribution in [1.82, 2.24) is 14.9 Å². The zero-order valence-corrected chi connectivity index (χ0v) is 10.4. The maximum atomic E-state index is 12.1. The summed E-state index contributed by atoms with van der Waals surface area (Å²) in [5, 5.41) is 17.7. The molecule has 1 heterocycles. The Hall–Kier alpha value is -1.61. The summed E-state index contributed by atoms with van der Waals surface area (Å²) < 4.78 is 26.7. The van der Waals surface area contributed by atoms with Crippen molar-refractivity contribution in [3.63, 3.8) is 0 Å². The van der Waals surface area contributed by atoms with Gasteiger partial charge >= 0.3 is 0 Å². The fraction of sp³-hybridized carbons (Fsp3) is 0.556. The Morgan fingerprint density at radius 1 is 1.56 bits per heavy atom. The molecule has 0 radical (unpaired) electrons. The summed E-state index contributed by atoms with van der Waals surface area (Å²) in [6.07, 6.45) is 4.01. The van der Waals surface area contributed by atoms with Crippen molar-refractivity contribution >= 4 is 15.9 Å². The van der Waals surface area contributed by atoms with Gasteiger partial charge in [-0.3, -0.25) is 5.10 Å². The van der Waals surface area contributed by atoms with Crippen molar-refractivity contribution in [1.29, 1.82) is 0 Å². The summed E-state index contributed by atoms with van der Waals surface area (Å²) in [5.41, 5.74) is 4.62. The van der Waals surface area contributed by atoms with E-state index in [1.165, 1.54) is 12.3 Å². The van der Waals surface area contributed by atoms with Crippen LogP contribution in [0.1, 0.15) is 25.7 Å². The van der Waals surface area contributed by atoms with Gasteiger partial charge in [-0.25, -0.2) is 8.42 Å². The van der Waals surface area contributed by atoms with Crippen LogP contribution in [0, 0.1) is 0 Å². The highest BCUT2D eigenvalue weighted by atomic mass is 32.2. The van der Waals surface area contributed by atoms with Crippen LogP contribution in [0.2, 0.25) is 0 Å². The van der Waals surface area contributed by atoms with Crippen LogP contribution in [0.5, 0.6) is 0 Å². The summed E-state index contributed by atoms with van der Waals surface area (Å²) in [5.74, 6) is -0.108. The normalized spacial score (nSPS) is 20.1. The minimum Gasteiger partial charge on any atom is -0.409 e. The molecule has 1 aliphatic carbocycles. The van der Waals surface area contributed by atoms with Gasteiger partial charge in [0.25, 0.3) is 10.0 Å². The second kappa shape index (κ2) is 4.58. The number of amidine groups is 1. The quantitative estimate of drug-likeness (QED) is 0.260. The van der Waals surface area contributed by atoms with E-state index in [1.54, 1.807) is 0 Å². The van der Waals surface area contributed by atoms with E-state index in [1.807, 2.05) is 0 Å². The SMILES string of the molecule is NC(=NO)C1(NS(=O)(=O)c2ccn[nH]2)CCCC1. The molecule has 1 aliphatic rings. The summed E-state index contributed by atoms with van der Waals surface area (Å²) in [4.78, 5) is 0. The van der Waals surface area contributed by atoms with Gasteiger partial charge in [0.1, 0.15) is 0 Å². The number of nitrogens with zero attached hydrogens (tertiary/aromatic N) is 2. The van der Waals surface area contributed by atoms with Crippen LogP contribution < -0.4 is 10.5 Å². The molecule has 0 bridgehead atoms. The van der Waals surface area contributed by atoms with E-state index >= 15 is 0 Å². The van der Waals surface area contributed by atoms with Crippen LogP contribution in [0.3, 0.4) is 0 Å². The first-order valence-electron chi connectivity index (χ1n) is 5.51. The topological polar surface area (TPSA) is 133 Å². The molecule has 1 fully saturated rings. The van der Waals surface area contributed by atoms with E-state index in [4.69, 9.17) is 10.9 Å². The zero-order valence-electron chi connectivity index (χ0n) is 9.63. The second-order valence-corrected chi connectivity index (χ2v) is 5.95. The highest BCUT2D eigenvalue weighted by Gasteiger charge is 2.42. The average molecular weight is 273 g/mol. The molecule has 1 aromatic rings. The van der Waals surface area contributed by atoms with Crippen molar-refractivity contribution in [3.8, 4) is 0 Å². The van der Waals surface area contributed by atoms with Crippen molar-refractivity contribution in [2.45, 2.75) is 36.2 Å². The Morgan fingerprint density at radius 3 is 2.72 bits per heavy atom. The van der Waals surface area contributed by atoms with E-state index < -0.39 is 15.6 Å². The molecule has 0 aromatic carbocycles. The molecule has 0 aliphatic heterocycles. The lowest BCUT2D eigenvalue weighted by Gasteiger charge is -2.27. The monoisotopic (exact) mass is 273 g/mol. The van der Waals surface area contributed by atoms with Gasteiger partial charge in [-0.05, 0) is 18.9 Å². The van der Waals surface area contributed by atoms with Crippen LogP contribution in [0.15, 0.2) is 22.4 Å². The van der Waals surface area contributed by atoms with Crippen LogP contribution in [0.4, 0.5) is 0 Å². The van der Waals surface area contributed by atoms with Gasteiger partial charge in [-0.15, -0.1) is 0 Å². The first-order valence-corrected chi connectivity index (χ1v) is 7.00. The third-order valence-electron chi connectivity index (χ3n) is 3.15. The van der Waals surface area contributed by atoms with Gasteiger partial charge in [-0.1, -0.05) is 18.0 Å². The van der Waals surface area contributed by atoms with Crippen LogP contribution >= 0.6 is 0 Å². The number of aromatic nitrogens is 2. The molecule has 18 heavy (non-hydrogen) atoms. The molecule has 0 atom stereocenters. The number of sulfonamides is 1. The van der Waals surface area contributed by atoms with Crippen molar-refractivity contribution in [3.05, 3.63) is 12.3 Å². The van der Waals surface area contributed by atoms with E-state index in [0.29, 0.717) is 12.8 Å². The van der Waals surface area contributed by atoms with Gasteiger partial charge < -0.3 is 10.9 Å². The van der Waals surface area contributed by atoms with Crippen molar-refractivity contribution < 1.29 is 13.6 Å². The molecular weight excluding hydrogens is 258 g/mol. The average Bonchev–Trinajstić information content (AvgIpc) is 2.98. The highest BCUT2D eigenvalue weighted by Crippen LogP contribution is 2.31. The molecule has 0 amide bonds. The third-order valence-corrected chi connectivity index (χ3v) is 4.62. The Balaban J connectivity index is 2.31. The predicted molar refractivity (Wildman–Crippen MR) is 63.5 cm³/mol. The first-order chi connectivity index (χ1) is 8.50. The molecule has 1 aromatic heterocycles. The number of hydrogen-bond donors (Lipinski definition) is 4. The summed E-state index contributed by atoms with van der Waals surface area (Å²) in [7, 11) is -3.75. The molecular formula is C9H15N5O3S. The Morgan fingerprint density at radius 2 is 2.22 bits per heavy atom. The molecule has 8 nitrogen and oxygen atoms in total. The lowest BCUT2D eigenvalue weighted by Crippen LogP contribution is -2.55. The third kappa shape index (κ3) is 2.18. The molecule has 9 heteroatoms. The largest absolute Gasteiger partial charge is 0.409 e. The Bertz CT molecular complexity index is 531. The maximum Gasteiger partial charge on any atom is 0.258 e. The number of nitrogens with one attached hydrogen (secondary N) is 2. The first kappa shape index (κ1) is 12.8. The Labute approximate surface area is 104 Å². The standard InChI is InChI=1S/C9H15N5O3S/c10-8(13-15)9(4-1-2-5-9)14-18(16,17)7-3-6-11-12-7/h3,6,14-15H,1-2,4-5H2,(H2,10,13)(H,11,12). The molecule has 100 valence electrons. The molecule has 0 saturated heterocycles. The fourth-order valence-corrected chi connectivity index (χ4v) is 3.54. The minimum atomic E-state index is -3.75. The maximum absolute atomic E-state index is 12.1. The molecule has 0 unspecified atom stereocenters. The molecule has 1 saturated carbocycles. The predicted octanol–water partition coefficient (Wildman–Crippen LogP) is -0.253. The van der Waals surface area contributed by atoms with Gasteiger partial charge in [0.05, 0.1) is 11.7 Å². The van der Waals surface area contributed by atoms with Gasteiger partial charge in [-0.2, -0.15) is 9.82 Å². The van der Waals surface area contributed by atoms with E-state index in [2.05, 4.69) is 20.1 Å². The van der Waals surface area contributed by atoms with Gasteiger partial charge in [0.2, 0.25) is 0 Å². The minimum absolute atomic E-state index is 0.0421. The lowest BCUT2D eigenvalue weighted by atomic mass is 9.98. The fourth-order valence-electron chi connectivity index (χ4n) is 2.19. The molecule has 5 N–H and O–H groups in total. The smallest absolute Gasteiger partial charge is 0.258 e. The lowest BCUT2D eigenvalue weighted by molar-refractivity contribution is 0.309. The number of nitrogens with two attached hydrogens (primary N) is 1. The molecule has 0 spiro atoms. The van der Waals surface area contributed by atoms with Gasteiger partial charge in [0, 0.05) is 0 Å². The van der Waals surface area contributed by atoms with Crippen molar-refractivity contribution in [2.75, 3.05) is 0 Å². The van der Waals surface area contributed by atoms with Crippen molar-refractivity contribution in [2.24, 2.45) is 10.9 Å². The van der Waals surface area contributed by atoms with Crippen LogP contribution in [0.25, 0.3) is 0 Å². The second-order valence-electron chi connectivity index (χ2n) is 4.30. The van der Waals surface area contributed by atoms with Crippen LogP contribution in [-0.2, 0) is 10.0 Å². The van der Waals surface area contributed by atoms with Crippen LogP contribution in [-0.4, -0.2) is 35.2 Å². The number of oxime groups is 1. The number of aromatic amines is 1. The number of hydrogen-bond acceptors (Lipinski definition) is 5. The van der Waals surface area contributed by atoms with E-state index in [9.17, 15) is 8.42 Å². The van der Waals surface area contributed by atoms with E-state index in [-0.39, 0.29) is 10.9 Å². The summed E-state index contributed by atoms with van der Waals surface area (Å²) in [6.45, 7) is 0. The number of H-pyrrole nitrogens is 1. The summed E-state index contributed by atoms with van der Waals surface area (Å²) >= 11 is 0. The zero-order chi connectivity index (χ0) is 13.2. The molecule has 2 rings (SSSR count). The summed E-state index contributed by atoms with van der Waals surface area (Å²) in [6, 6.07) is 1.34. The Kier molecular flexibility index (Phi) is 3.26. The van der Waals surface area contributed by atoms with E-state index in [0.717, 1.165) is 12.8 Å².